The second-order valence-electron chi connectivity index (χ2n) is 2.51. The molecule has 2 rings (SSSR count). The molecule has 0 spiro atoms. The van der Waals surface area contributed by atoms with Gasteiger partial charge < -0.3 is 5.73 Å². The summed E-state index contributed by atoms with van der Waals surface area (Å²) < 4.78 is 0. The van der Waals surface area contributed by atoms with Gasteiger partial charge in [0, 0.05) is 0 Å². The molecule has 1 heterocycles. The standard InChI is InChI=1S/C7H5ClN4O/c8-7(13)3-1-2-4-6(5(3)9)11-12-10-4/h1-2H,9H2,(H,10,11,12). The Hall–Kier alpha value is -1.62. The predicted octanol–water partition coefficient (Wildman–Crippen LogP) is 0.919. The highest BCUT2D eigenvalue weighted by Crippen LogP contribution is 2.22. The summed E-state index contributed by atoms with van der Waals surface area (Å²) in [7, 11) is 0. The number of benzene rings is 1. The number of halogens is 1. The van der Waals surface area contributed by atoms with Gasteiger partial charge in [0.1, 0.15) is 5.52 Å². The van der Waals surface area contributed by atoms with Crippen molar-refractivity contribution in [2.45, 2.75) is 0 Å². The van der Waals surface area contributed by atoms with E-state index in [0.29, 0.717) is 11.0 Å². The van der Waals surface area contributed by atoms with E-state index in [0.717, 1.165) is 0 Å². The maximum Gasteiger partial charge on any atom is 0.254 e. The Kier molecular flexibility index (Phi) is 1.66. The smallest absolute Gasteiger partial charge is 0.254 e. The highest BCUT2D eigenvalue weighted by molar-refractivity contribution is 6.68. The van der Waals surface area contributed by atoms with Crippen LogP contribution in [-0.2, 0) is 0 Å². The number of nitrogens with zero attached hydrogens (tertiary/aromatic N) is 2. The Balaban J connectivity index is 2.80. The van der Waals surface area contributed by atoms with Crippen molar-refractivity contribution in [2.24, 2.45) is 0 Å². The number of H-pyrrole nitrogens is 1. The Bertz CT molecular complexity index is 478. The average molecular weight is 197 g/mol. The molecule has 2 aromatic rings. The molecule has 0 aliphatic carbocycles. The van der Waals surface area contributed by atoms with Crippen LogP contribution >= 0.6 is 11.6 Å². The number of carbonyl (C=O) groups is 1. The maximum atomic E-state index is 10.9. The van der Waals surface area contributed by atoms with Gasteiger partial charge in [0.25, 0.3) is 5.24 Å². The minimum absolute atomic E-state index is 0.253. The van der Waals surface area contributed by atoms with E-state index < -0.39 is 5.24 Å². The van der Waals surface area contributed by atoms with Crippen molar-refractivity contribution in [3.63, 3.8) is 0 Å². The molecule has 0 unspecified atom stereocenters. The van der Waals surface area contributed by atoms with Crippen molar-refractivity contribution in [3.8, 4) is 0 Å². The number of rotatable bonds is 1. The van der Waals surface area contributed by atoms with Crippen molar-refractivity contribution < 1.29 is 4.79 Å². The second kappa shape index (κ2) is 2.70. The van der Waals surface area contributed by atoms with Crippen LogP contribution in [0, 0.1) is 0 Å². The van der Waals surface area contributed by atoms with Crippen LogP contribution in [0.5, 0.6) is 0 Å². The van der Waals surface area contributed by atoms with Gasteiger partial charge in [-0.15, -0.1) is 5.10 Å². The molecule has 3 N–H and O–H groups in total. The predicted molar refractivity (Wildman–Crippen MR) is 48.5 cm³/mol. The van der Waals surface area contributed by atoms with E-state index in [1.807, 2.05) is 0 Å². The monoisotopic (exact) mass is 196 g/mol. The van der Waals surface area contributed by atoms with E-state index in [1.54, 1.807) is 6.07 Å². The lowest BCUT2D eigenvalue weighted by atomic mass is 10.1. The summed E-state index contributed by atoms with van der Waals surface area (Å²) in [5, 5.41) is 9.31. The molecule has 0 saturated heterocycles. The van der Waals surface area contributed by atoms with Gasteiger partial charge >= 0.3 is 0 Å². The highest BCUT2D eigenvalue weighted by atomic mass is 35.5. The summed E-state index contributed by atoms with van der Waals surface area (Å²) in [6.07, 6.45) is 0. The number of anilines is 1. The largest absolute Gasteiger partial charge is 0.396 e. The number of hydrogen-bond donors (Lipinski definition) is 2. The van der Waals surface area contributed by atoms with E-state index in [2.05, 4.69) is 15.4 Å². The molecule has 13 heavy (non-hydrogen) atoms. The Morgan fingerprint density at radius 3 is 3.00 bits per heavy atom. The first-order chi connectivity index (χ1) is 6.20. The fraction of sp³-hybridized carbons (Fsp3) is 0. The number of nitrogens with two attached hydrogens (primary N) is 1. The number of nitrogen functional groups attached to an aromatic ring is 1. The number of nitrogens with one attached hydrogen (secondary N) is 1. The molecular weight excluding hydrogens is 192 g/mol. The van der Waals surface area contributed by atoms with Crippen LogP contribution < -0.4 is 5.73 Å². The fourth-order valence-corrected chi connectivity index (χ4v) is 1.27. The molecule has 0 atom stereocenters. The van der Waals surface area contributed by atoms with E-state index in [-0.39, 0.29) is 11.3 Å². The number of aromatic amines is 1. The van der Waals surface area contributed by atoms with E-state index in [9.17, 15) is 4.79 Å². The van der Waals surface area contributed by atoms with Gasteiger partial charge in [0.15, 0.2) is 0 Å². The summed E-state index contributed by atoms with van der Waals surface area (Å²) in [6, 6.07) is 3.19. The Morgan fingerprint density at radius 1 is 1.54 bits per heavy atom. The minimum atomic E-state index is -0.595. The van der Waals surface area contributed by atoms with Crippen molar-refractivity contribution >= 4 is 33.6 Å². The summed E-state index contributed by atoms with van der Waals surface area (Å²) in [5.74, 6) is 0. The normalized spacial score (nSPS) is 10.5. The van der Waals surface area contributed by atoms with Crippen LogP contribution in [0.25, 0.3) is 11.0 Å². The molecule has 5 nitrogen and oxygen atoms in total. The molecular formula is C7H5ClN4O. The number of hydrogen-bond acceptors (Lipinski definition) is 4. The summed E-state index contributed by atoms with van der Waals surface area (Å²) in [6.45, 7) is 0. The number of fused-ring (bicyclic) bond motifs is 1. The van der Waals surface area contributed by atoms with Gasteiger partial charge in [-0.2, -0.15) is 0 Å². The zero-order valence-corrected chi connectivity index (χ0v) is 7.17. The summed E-state index contributed by atoms with van der Waals surface area (Å²) in [5.41, 5.74) is 7.29. The summed E-state index contributed by atoms with van der Waals surface area (Å²) in [4.78, 5) is 10.9. The molecule has 0 saturated carbocycles. The molecule has 0 aliphatic rings. The average Bonchev–Trinajstić information content (AvgIpc) is 2.52. The first-order valence-electron chi connectivity index (χ1n) is 3.49. The van der Waals surface area contributed by atoms with Crippen LogP contribution in [0.15, 0.2) is 12.1 Å². The number of carbonyl (C=O) groups excluding carboxylic acids is 1. The third kappa shape index (κ3) is 1.13. The molecule has 0 radical (unpaired) electrons. The van der Waals surface area contributed by atoms with E-state index in [4.69, 9.17) is 17.3 Å². The molecule has 0 amide bonds. The van der Waals surface area contributed by atoms with E-state index >= 15 is 0 Å². The van der Waals surface area contributed by atoms with Crippen molar-refractivity contribution in [3.05, 3.63) is 17.7 Å². The topological polar surface area (TPSA) is 84.7 Å². The third-order valence-electron chi connectivity index (χ3n) is 1.75. The van der Waals surface area contributed by atoms with Crippen LogP contribution in [-0.4, -0.2) is 20.7 Å². The van der Waals surface area contributed by atoms with Gasteiger partial charge in [0.2, 0.25) is 0 Å². The quantitative estimate of drug-likeness (QED) is 0.525. The van der Waals surface area contributed by atoms with Crippen molar-refractivity contribution in [2.75, 3.05) is 5.73 Å². The second-order valence-corrected chi connectivity index (χ2v) is 2.85. The molecule has 6 heteroatoms. The molecule has 1 aromatic heterocycles. The zero-order chi connectivity index (χ0) is 9.42. The lowest BCUT2D eigenvalue weighted by Crippen LogP contribution is -1.98. The molecule has 0 fully saturated rings. The summed E-state index contributed by atoms with van der Waals surface area (Å²) >= 11 is 5.30. The van der Waals surface area contributed by atoms with Gasteiger partial charge in [-0.1, -0.05) is 5.21 Å². The van der Waals surface area contributed by atoms with Crippen LogP contribution in [0.1, 0.15) is 10.4 Å². The minimum Gasteiger partial charge on any atom is -0.396 e. The van der Waals surface area contributed by atoms with Gasteiger partial charge in [0.05, 0.1) is 16.8 Å². The van der Waals surface area contributed by atoms with Crippen molar-refractivity contribution in [1.82, 2.24) is 15.4 Å². The lowest BCUT2D eigenvalue weighted by Gasteiger charge is -1.98. The SMILES string of the molecule is Nc1c(C(=O)Cl)ccc2[nH]nnc12. The number of aromatic nitrogens is 3. The first kappa shape index (κ1) is 8.00. The maximum absolute atomic E-state index is 10.9. The molecule has 1 aromatic carbocycles. The Morgan fingerprint density at radius 2 is 2.31 bits per heavy atom. The van der Waals surface area contributed by atoms with Crippen LogP contribution in [0.3, 0.4) is 0 Å². The molecule has 0 aliphatic heterocycles. The highest BCUT2D eigenvalue weighted by Gasteiger charge is 2.11. The van der Waals surface area contributed by atoms with Gasteiger partial charge in [-0.05, 0) is 23.7 Å². The van der Waals surface area contributed by atoms with Crippen molar-refractivity contribution in [1.29, 1.82) is 0 Å². The lowest BCUT2D eigenvalue weighted by molar-refractivity contribution is 0.108. The van der Waals surface area contributed by atoms with Gasteiger partial charge in [-0.3, -0.25) is 9.89 Å². The van der Waals surface area contributed by atoms with Gasteiger partial charge in [-0.25, -0.2) is 0 Å². The Labute approximate surface area is 77.9 Å². The first-order valence-corrected chi connectivity index (χ1v) is 3.87. The zero-order valence-electron chi connectivity index (χ0n) is 6.41. The van der Waals surface area contributed by atoms with E-state index in [1.165, 1.54) is 6.07 Å². The van der Waals surface area contributed by atoms with Crippen LogP contribution in [0.2, 0.25) is 0 Å². The molecule has 66 valence electrons. The third-order valence-corrected chi connectivity index (χ3v) is 1.95. The van der Waals surface area contributed by atoms with Crippen LogP contribution in [0.4, 0.5) is 5.69 Å². The molecule has 0 bridgehead atoms. The fourth-order valence-electron chi connectivity index (χ4n) is 1.11.